The van der Waals surface area contributed by atoms with Crippen LogP contribution in [0.3, 0.4) is 0 Å². The lowest BCUT2D eigenvalue weighted by Gasteiger charge is -2.31. The molecule has 2 aliphatic rings. The molecule has 0 radical (unpaired) electrons. The minimum Gasteiger partial charge on any atom is -0.397 e. The van der Waals surface area contributed by atoms with E-state index in [0.29, 0.717) is 16.8 Å². The largest absolute Gasteiger partial charge is 0.397 e. The van der Waals surface area contributed by atoms with Crippen molar-refractivity contribution in [3.05, 3.63) is 57.9 Å². The Kier molecular flexibility index (Phi) is 2.48. The third kappa shape index (κ3) is 1.42. The minimum absolute atomic E-state index is 0.0987. The van der Waals surface area contributed by atoms with Gasteiger partial charge in [-0.3, -0.25) is 9.59 Å². The molecule has 5 nitrogen and oxygen atoms in total. The Morgan fingerprint density at radius 2 is 1.90 bits per heavy atom. The number of nitrogens with one attached hydrogen (secondary N) is 1. The van der Waals surface area contributed by atoms with Crippen molar-refractivity contribution in [3.63, 3.8) is 0 Å². The monoisotopic (exact) mass is 265 g/mol. The summed E-state index contributed by atoms with van der Waals surface area (Å²) in [5.74, 6) is -0.495. The quantitative estimate of drug-likeness (QED) is 0.730. The average Bonchev–Trinajstić information content (AvgIpc) is 2.45. The Balaban J connectivity index is 2.29. The molecular weight excluding hydrogens is 254 g/mol. The van der Waals surface area contributed by atoms with Gasteiger partial charge in [-0.1, -0.05) is 24.3 Å². The molecule has 0 saturated heterocycles. The third-order valence-corrected chi connectivity index (χ3v) is 3.64. The second kappa shape index (κ2) is 4.07. The Bertz CT molecular complexity index is 766. The summed E-state index contributed by atoms with van der Waals surface area (Å²) >= 11 is 0. The fourth-order valence-electron chi connectivity index (χ4n) is 2.64. The lowest BCUT2D eigenvalue weighted by atomic mass is 9.78. The van der Waals surface area contributed by atoms with Crippen LogP contribution >= 0.6 is 0 Å². The molecule has 3 rings (SSSR count). The molecule has 0 amide bonds. The van der Waals surface area contributed by atoms with E-state index >= 15 is 0 Å². The summed E-state index contributed by atoms with van der Waals surface area (Å²) in [6.07, 6.45) is 0. The van der Waals surface area contributed by atoms with Crippen LogP contribution in [0.5, 0.6) is 0 Å². The average molecular weight is 265 g/mol. The molecule has 20 heavy (non-hydrogen) atoms. The standard InChI is InChI=1S/C15H11N3O2/c1-7-10(6-16)12(17)11-13(18-7)15(20)9-5-3-2-4-8(9)14(11)19/h2-5,13,18H,17H2,1H3. The van der Waals surface area contributed by atoms with Gasteiger partial charge < -0.3 is 11.1 Å². The van der Waals surface area contributed by atoms with E-state index in [1.54, 1.807) is 31.2 Å². The number of rotatable bonds is 0. The van der Waals surface area contributed by atoms with Crippen LogP contribution in [-0.4, -0.2) is 17.6 Å². The Hall–Kier alpha value is -2.87. The summed E-state index contributed by atoms with van der Waals surface area (Å²) in [5.41, 5.74) is 7.67. The smallest absolute Gasteiger partial charge is 0.194 e. The van der Waals surface area contributed by atoms with E-state index in [2.05, 4.69) is 5.32 Å². The number of hydrogen-bond acceptors (Lipinski definition) is 5. The van der Waals surface area contributed by atoms with Crippen molar-refractivity contribution in [2.45, 2.75) is 13.0 Å². The van der Waals surface area contributed by atoms with Crippen LogP contribution in [0.2, 0.25) is 0 Å². The number of carbonyl (C=O) groups is 2. The maximum atomic E-state index is 12.5. The number of nitrogens with zero attached hydrogens (tertiary/aromatic N) is 1. The SMILES string of the molecule is CC1=C(C#N)C(N)=C2C(=O)c3ccccc3C(=O)C2N1. The van der Waals surface area contributed by atoms with Crippen molar-refractivity contribution in [2.24, 2.45) is 5.73 Å². The van der Waals surface area contributed by atoms with Crippen LogP contribution in [0, 0.1) is 11.3 Å². The van der Waals surface area contributed by atoms with Gasteiger partial charge in [0, 0.05) is 16.8 Å². The van der Waals surface area contributed by atoms with Crippen molar-refractivity contribution in [1.29, 1.82) is 5.26 Å². The zero-order valence-corrected chi connectivity index (χ0v) is 10.7. The zero-order chi connectivity index (χ0) is 14.4. The van der Waals surface area contributed by atoms with Crippen molar-refractivity contribution in [1.82, 2.24) is 5.32 Å². The molecule has 0 aromatic heterocycles. The van der Waals surface area contributed by atoms with Crippen molar-refractivity contribution >= 4 is 11.6 Å². The lowest BCUT2D eigenvalue weighted by Crippen LogP contribution is -2.48. The van der Waals surface area contributed by atoms with Gasteiger partial charge in [0.2, 0.25) is 0 Å². The molecule has 1 atom stereocenters. The fraction of sp³-hybridized carbons (Fsp3) is 0.133. The van der Waals surface area contributed by atoms with E-state index in [1.807, 2.05) is 6.07 Å². The molecule has 1 aliphatic heterocycles. The highest BCUT2D eigenvalue weighted by molar-refractivity contribution is 6.25. The van der Waals surface area contributed by atoms with Gasteiger partial charge in [0.05, 0.1) is 16.8 Å². The highest BCUT2D eigenvalue weighted by atomic mass is 16.1. The van der Waals surface area contributed by atoms with Crippen LogP contribution in [0.1, 0.15) is 27.6 Å². The van der Waals surface area contributed by atoms with Gasteiger partial charge in [-0.25, -0.2) is 0 Å². The molecule has 1 aliphatic carbocycles. The van der Waals surface area contributed by atoms with Crippen LogP contribution in [-0.2, 0) is 0 Å². The predicted molar refractivity (Wildman–Crippen MR) is 71.6 cm³/mol. The number of carbonyl (C=O) groups excluding carboxylic acids is 2. The molecule has 0 fully saturated rings. The summed E-state index contributed by atoms with van der Waals surface area (Å²) in [6.45, 7) is 1.67. The zero-order valence-electron chi connectivity index (χ0n) is 10.7. The molecule has 3 N–H and O–H groups in total. The van der Waals surface area contributed by atoms with Gasteiger partial charge in [0.1, 0.15) is 12.1 Å². The number of fused-ring (bicyclic) bond motifs is 2. The maximum absolute atomic E-state index is 12.5. The molecule has 98 valence electrons. The van der Waals surface area contributed by atoms with Crippen LogP contribution in [0.15, 0.2) is 46.8 Å². The minimum atomic E-state index is -0.797. The van der Waals surface area contributed by atoms with E-state index in [1.165, 1.54) is 0 Å². The number of nitriles is 1. The van der Waals surface area contributed by atoms with Gasteiger partial charge in [-0.15, -0.1) is 0 Å². The fourth-order valence-corrected chi connectivity index (χ4v) is 2.64. The summed E-state index contributed by atoms with van der Waals surface area (Å²) < 4.78 is 0. The topological polar surface area (TPSA) is 96.0 Å². The molecule has 1 heterocycles. The molecular formula is C15H11N3O2. The highest BCUT2D eigenvalue weighted by Crippen LogP contribution is 2.32. The first-order valence-electron chi connectivity index (χ1n) is 6.11. The number of hydrogen-bond donors (Lipinski definition) is 2. The second-order valence-corrected chi connectivity index (χ2v) is 4.76. The summed E-state index contributed by atoms with van der Waals surface area (Å²) in [4.78, 5) is 25.0. The summed E-state index contributed by atoms with van der Waals surface area (Å²) in [6, 6.07) is 7.81. The first kappa shape index (κ1) is 12.2. The van der Waals surface area contributed by atoms with Gasteiger partial charge in [0.25, 0.3) is 0 Å². The summed E-state index contributed by atoms with van der Waals surface area (Å²) in [7, 11) is 0. The number of nitrogens with two attached hydrogens (primary N) is 1. The Morgan fingerprint density at radius 1 is 1.25 bits per heavy atom. The van der Waals surface area contributed by atoms with E-state index in [0.717, 1.165) is 0 Å². The van der Waals surface area contributed by atoms with E-state index in [4.69, 9.17) is 11.0 Å². The number of dihydropyridines is 1. The molecule has 0 saturated carbocycles. The van der Waals surface area contributed by atoms with Gasteiger partial charge in [0.15, 0.2) is 11.6 Å². The van der Waals surface area contributed by atoms with Gasteiger partial charge >= 0.3 is 0 Å². The maximum Gasteiger partial charge on any atom is 0.194 e. The van der Waals surface area contributed by atoms with Crippen molar-refractivity contribution in [3.8, 4) is 6.07 Å². The van der Waals surface area contributed by atoms with E-state index < -0.39 is 6.04 Å². The van der Waals surface area contributed by atoms with E-state index in [-0.39, 0.29) is 28.4 Å². The molecule has 5 heteroatoms. The first-order valence-corrected chi connectivity index (χ1v) is 6.11. The van der Waals surface area contributed by atoms with Crippen LogP contribution < -0.4 is 11.1 Å². The number of Topliss-reactive ketones (excluding diaryl/α,β-unsaturated/α-hetero) is 2. The molecule has 1 aromatic rings. The first-order chi connectivity index (χ1) is 9.56. The molecule has 1 unspecified atom stereocenters. The van der Waals surface area contributed by atoms with Gasteiger partial charge in [-0.2, -0.15) is 5.26 Å². The number of allylic oxidation sites excluding steroid dienone is 2. The molecule has 0 bridgehead atoms. The van der Waals surface area contributed by atoms with Crippen molar-refractivity contribution in [2.75, 3.05) is 0 Å². The predicted octanol–water partition coefficient (Wildman–Crippen LogP) is 1.05. The summed E-state index contributed by atoms with van der Waals surface area (Å²) in [5, 5.41) is 12.0. The lowest BCUT2D eigenvalue weighted by molar-refractivity contribution is 0.0904. The second-order valence-electron chi connectivity index (χ2n) is 4.76. The Labute approximate surface area is 115 Å². The van der Waals surface area contributed by atoms with Crippen LogP contribution in [0.4, 0.5) is 0 Å². The third-order valence-electron chi connectivity index (χ3n) is 3.64. The van der Waals surface area contributed by atoms with Gasteiger partial charge in [-0.05, 0) is 6.92 Å². The van der Waals surface area contributed by atoms with E-state index in [9.17, 15) is 9.59 Å². The van der Waals surface area contributed by atoms with Crippen molar-refractivity contribution < 1.29 is 9.59 Å². The van der Waals surface area contributed by atoms with Crippen LogP contribution in [0.25, 0.3) is 0 Å². The Morgan fingerprint density at radius 3 is 2.55 bits per heavy atom. The highest BCUT2D eigenvalue weighted by Gasteiger charge is 2.41. The molecule has 0 spiro atoms. The number of benzene rings is 1. The molecule has 1 aromatic carbocycles. The number of ketones is 2. The normalized spacial score (nSPS) is 21.1.